The van der Waals surface area contributed by atoms with Crippen LogP contribution < -0.4 is 5.32 Å². The number of benzene rings is 1. The lowest BCUT2D eigenvalue weighted by atomic mass is 10.0. The number of hydrogen-bond donors (Lipinski definition) is 2. The topological polar surface area (TPSA) is 88.5 Å². The predicted molar refractivity (Wildman–Crippen MR) is 74.9 cm³/mol. The standard InChI is InChI=1S/C14H13F3N2O4/c1-13(20,12-3-2-6-23-12)8-18-10-5-4-9(14(15,16)17)7-11(10)19(21)22/h2-7,18,20H,8H2,1H3. The van der Waals surface area contributed by atoms with E-state index in [9.17, 15) is 28.4 Å². The summed E-state index contributed by atoms with van der Waals surface area (Å²) in [7, 11) is 0. The highest BCUT2D eigenvalue weighted by Crippen LogP contribution is 2.35. The van der Waals surface area contributed by atoms with E-state index in [1.165, 1.54) is 19.3 Å². The maximum Gasteiger partial charge on any atom is 0.416 e. The number of furan rings is 1. The molecule has 6 nitrogen and oxygen atoms in total. The van der Waals surface area contributed by atoms with Gasteiger partial charge in [-0.2, -0.15) is 13.2 Å². The molecular weight excluding hydrogens is 317 g/mol. The van der Waals surface area contributed by atoms with Gasteiger partial charge < -0.3 is 14.8 Å². The number of nitro benzene ring substituents is 1. The van der Waals surface area contributed by atoms with Crippen molar-refractivity contribution >= 4 is 11.4 Å². The zero-order valence-corrected chi connectivity index (χ0v) is 11.9. The molecule has 1 atom stereocenters. The van der Waals surface area contributed by atoms with Gasteiger partial charge in [0, 0.05) is 6.07 Å². The van der Waals surface area contributed by atoms with Crippen LogP contribution in [0.1, 0.15) is 18.2 Å². The van der Waals surface area contributed by atoms with E-state index in [0.29, 0.717) is 6.07 Å². The smallest absolute Gasteiger partial charge is 0.416 e. The third-order valence-corrected chi connectivity index (χ3v) is 3.20. The van der Waals surface area contributed by atoms with Crippen LogP contribution in [-0.4, -0.2) is 16.6 Å². The van der Waals surface area contributed by atoms with E-state index in [-0.39, 0.29) is 18.0 Å². The van der Waals surface area contributed by atoms with E-state index in [0.717, 1.165) is 12.1 Å². The lowest BCUT2D eigenvalue weighted by molar-refractivity contribution is -0.384. The minimum atomic E-state index is -4.68. The van der Waals surface area contributed by atoms with Crippen molar-refractivity contribution in [1.82, 2.24) is 0 Å². The molecule has 0 spiro atoms. The monoisotopic (exact) mass is 330 g/mol. The van der Waals surface area contributed by atoms with Gasteiger partial charge in [-0.05, 0) is 31.2 Å². The zero-order valence-electron chi connectivity index (χ0n) is 11.9. The predicted octanol–water partition coefficient (Wildman–Crippen LogP) is 3.53. The van der Waals surface area contributed by atoms with Crippen LogP contribution in [0, 0.1) is 10.1 Å². The molecule has 124 valence electrons. The fourth-order valence-electron chi connectivity index (χ4n) is 1.95. The molecule has 1 aromatic heterocycles. The Balaban J connectivity index is 2.25. The molecular formula is C14H13F3N2O4. The van der Waals surface area contributed by atoms with E-state index in [1.54, 1.807) is 6.07 Å². The lowest BCUT2D eigenvalue weighted by Crippen LogP contribution is -2.30. The normalized spacial score (nSPS) is 14.3. The molecule has 9 heteroatoms. The van der Waals surface area contributed by atoms with Crippen molar-refractivity contribution in [3.8, 4) is 0 Å². The number of nitrogens with one attached hydrogen (secondary N) is 1. The number of rotatable bonds is 5. The van der Waals surface area contributed by atoms with Gasteiger partial charge in [0.1, 0.15) is 17.0 Å². The fourth-order valence-corrected chi connectivity index (χ4v) is 1.95. The molecule has 1 unspecified atom stereocenters. The van der Waals surface area contributed by atoms with Gasteiger partial charge in [0.15, 0.2) is 0 Å². The number of halogens is 3. The molecule has 0 aliphatic carbocycles. The maximum absolute atomic E-state index is 12.6. The first-order chi connectivity index (χ1) is 10.6. The SMILES string of the molecule is CC(O)(CNc1ccc(C(F)(F)F)cc1[N+](=O)[O-])c1ccco1. The van der Waals surface area contributed by atoms with Crippen LogP contribution >= 0.6 is 0 Å². The number of anilines is 1. The van der Waals surface area contributed by atoms with Gasteiger partial charge >= 0.3 is 6.18 Å². The molecule has 0 aliphatic heterocycles. The minimum Gasteiger partial charge on any atom is -0.466 e. The van der Waals surface area contributed by atoms with E-state index < -0.39 is 28.0 Å². The molecule has 0 amide bonds. The second-order valence-corrected chi connectivity index (χ2v) is 5.09. The Morgan fingerprint density at radius 2 is 2.04 bits per heavy atom. The van der Waals surface area contributed by atoms with Crippen molar-refractivity contribution in [2.75, 3.05) is 11.9 Å². The Morgan fingerprint density at radius 1 is 1.35 bits per heavy atom. The Kier molecular flexibility index (Phi) is 4.33. The van der Waals surface area contributed by atoms with Crippen molar-refractivity contribution in [2.45, 2.75) is 18.7 Å². The molecule has 0 aliphatic rings. The summed E-state index contributed by atoms with van der Waals surface area (Å²) in [6.45, 7) is 1.22. The Hall–Kier alpha value is -2.55. The number of nitrogens with zero attached hydrogens (tertiary/aromatic N) is 1. The number of hydrogen-bond acceptors (Lipinski definition) is 5. The molecule has 0 fully saturated rings. The van der Waals surface area contributed by atoms with E-state index in [1.807, 2.05) is 0 Å². The minimum absolute atomic E-state index is 0.130. The third kappa shape index (κ3) is 3.81. The Bertz CT molecular complexity index is 697. The van der Waals surface area contributed by atoms with E-state index >= 15 is 0 Å². The van der Waals surface area contributed by atoms with Crippen molar-refractivity contribution in [3.63, 3.8) is 0 Å². The summed E-state index contributed by atoms with van der Waals surface area (Å²) in [5.41, 5.74) is -3.46. The molecule has 0 saturated heterocycles. The second kappa shape index (κ2) is 5.92. The average Bonchev–Trinajstić information content (AvgIpc) is 2.99. The third-order valence-electron chi connectivity index (χ3n) is 3.20. The molecule has 0 radical (unpaired) electrons. The van der Waals surface area contributed by atoms with Gasteiger partial charge in [-0.3, -0.25) is 10.1 Å². The molecule has 1 heterocycles. The fraction of sp³-hybridized carbons (Fsp3) is 0.286. The molecule has 2 rings (SSSR count). The highest BCUT2D eigenvalue weighted by Gasteiger charge is 2.33. The first-order valence-corrected chi connectivity index (χ1v) is 6.47. The largest absolute Gasteiger partial charge is 0.466 e. The van der Waals surface area contributed by atoms with Crippen molar-refractivity contribution < 1.29 is 27.6 Å². The molecule has 0 bridgehead atoms. The van der Waals surface area contributed by atoms with Crippen LogP contribution in [0.15, 0.2) is 41.0 Å². The molecule has 0 saturated carbocycles. The van der Waals surface area contributed by atoms with Crippen LogP contribution in [0.25, 0.3) is 0 Å². The molecule has 2 aromatic rings. The van der Waals surface area contributed by atoms with E-state index in [4.69, 9.17) is 4.42 Å². The van der Waals surface area contributed by atoms with Crippen molar-refractivity contribution in [1.29, 1.82) is 0 Å². The summed E-state index contributed by atoms with van der Waals surface area (Å²) in [5.74, 6) is 0.222. The quantitative estimate of drug-likeness (QED) is 0.647. The van der Waals surface area contributed by atoms with Crippen LogP contribution in [-0.2, 0) is 11.8 Å². The molecule has 1 aromatic carbocycles. The van der Waals surface area contributed by atoms with Crippen molar-refractivity contribution in [2.24, 2.45) is 0 Å². The van der Waals surface area contributed by atoms with Gasteiger partial charge in [-0.25, -0.2) is 0 Å². The molecule has 23 heavy (non-hydrogen) atoms. The zero-order chi connectivity index (χ0) is 17.3. The summed E-state index contributed by atoms with van der Waals surface area (Å²) in [5, 5.41) is 23.8. The maximum atomic E-state index is 12.6. The van der Waals surface area contributed by atoms with Gasteiger partial charge in [-0.1, -0.05) is 0 Å². The van der Waals surface area contributed by atoms with Gasteiger partial charge in [-0.15, -0.1) is 0 Å². The Morgan fingerprint density at radius 3 is 2.57 bits per heavy atom. The number of nitro groups is 1. The van der Waals surface area contributed by atoms with Crippen molar-refractivity contribution in [3.05, 3.63) is 58.0 Å². The summed E-state index contributed by atoms with van der Waals surface area (Å²) in [4.78, 5) is 10.1. The van der Waals surface area contributed by atoms with Crippen LogP contribution in [0.3, 0.4) is 0 Å². The van der Waals surface area contributed by atoms with E-state index in [2.05, 4.69) is 5.32 Å². The van der Waals surface area contributed by atoms with Crippen LogP contribution in [0.5, 0.6) is 0 Å². The summed E-state index contributed by atoms with van der Waals surface area (Å²) in [6, 6.07) is 5.22. The first-order valence-electron chi connectivity index (χ1n) is 6.47. The highest BCUT2D eigenvalue weighted by molar-refractivity contribution is 5.63. The van der Waals surface area contributed by atoms with Gasteiger partial charge in [0.25, 0.3) is 5.69 Å². The first kappa shape index (κ1) is 16.8. The van der Waals surface area contributed by atoms with Crippen LogP contribution in [0.2, 0.25) is 0 Å². The Labute approximate surface area is 128 Å². The average molecular weight is 330 g/mol. The summed E-state index contributed by atoms with van der Waals surface area (Å²) >= 11 is 0. The molecule has 2 N–H and O–H groups in total. The summed E-state index contributed by atoms with van der Waals surface area (Å²) < 4.78 is 42.9. The summed E-state index contributed by atoms with van der Waals surface area (Å²) in [6.07, 6.45) is -3.33. The van der Waals surface area contributed by atoms with Crippen LogP contribution in [0.4, 0.5) is 24.5 Å². The highest BCUT2D eigenvalue weighted by atomic mass is 19.4. The van der Waals surface area contributed by atoms with Gasteiger partial charge in [0.05, 0.1) is 23.3 Å². The second-order valence-electron chi connectivity index (χ2n) is 5.09. The lowest BCUT2D eigenvalue weighted by Gasteiger charge is -2.22. The number of aliphatic hydroxyl groups is 1. The number of alkyl halides is 3. The van der Waals surface area contributed by atoms with Gasteiger partial charge in [0.2, 0.25) is 0 Å².